The van der Waals surface area contributed by atoms with E-state index in [9.17, 15) is 4.79 Å². The van der Waals surface area contributed by atoms with Crippen molar-refractivity contribution in [2.45, 2.75) is 49.8 Å². The first-order valence-corrected chi connectivity index (χ1v) is 8.18. The molecule has 3 heterocycles. The first-order chi connectivity index (χ1) is 8.77. The Hall–Kier alpha value is -0.260. The molecule has 1 amide bonds. The fourth-order valence-corrected chi connectivity index (χ4v) is 4.63. The highest BCUT2D eigenvalue weighted by molar-refractivity contribution is 7.99. The van der Waals surface area contributed by atoms with Crippen LogP contribution in [-0.2, 0) is 9.53 Å². The fraction of sp³-hybridized carbons (Fsp3) is 0.923. The van der Waals surface area contributed by atoms with Crippen LogP contribution in [0.3, 0.4) is 0 Å². The Morgan fingerprint density at radius 2 is 2.39 bits per heavy atom. The molecule has 3 atom stereocenters. The van der Waals surface area contributed by atoms with Crippen LogP contribution in [0.4, 0.5) is 0 Å². The van der Waals surface area contributed by atoms with Gasteiger partial charge in [0, 0.05) is 24.9 Å². The number of rotatable bonds is 2. The Morgan fingerprint density at radius 1 is 1.44 bits per heavy atom. The van der Waals surface area contributed by atoms with Crippen molar-refractivity contribution >= 4 is 17.7 Å². The van der Waals surface area contributed by atoms with Gasteiger partial charge in [-0.25, -0.2) is 0 Å². The van der Waals surface area contributed by atoms with Crippen molar-refractivity contribution in [2.24, 2.45) is 0 Å². The number of carbonyl (C=O) groups is 1. The molecule has 0 radical (unpaired) electrons. The summed E-state index contributed by atoms with van der Waals surface area (Å²) >= 11 is 2.00. The number of hydrogen-bond donors (Lipinski definition) is 2. The largest absolute Gasteiger partial charge is 0.374 e. The van der Waals surface area contributed by atoms with Crippen LogP contribution >= 0.6 is 11.8 Å². The molecular formula is C13H22N2O2S. The van der Waals surface area contributed by atoms with Gasteiger partial charge >= 0.3 is 0 Å². The summed E-state index contributed by atoms with van der Waals surface area (Å²) < 4.78 is 6.01. The van der Waals surface area contributed by atoms with E-state index in [-0.39, 0.29) is 17.6 Å². The molecule has 3 rings (SSSR count). The van der Waals surface area contributed by atoms with Crippen LogP contribution in [0, 0.1) is 0 Å². The molecule has 2 N–H and O–H groups in total. The minimum Gasteiger partial charge on any atom is -0.374 e. The molecular weight excluding hydrogens is 248 g/mol. The third kappa shape index (κ3) is 2.68. The molecule has 0 bridgehead atoms. The molecule has 102 valence electrons. The summed E-state index contributed by atoms with van der Waals surface area (Å²) in [5.74, 6) is 2.53. The van der Waals surface area contributed by atoms with Gasteiger partial charge in [-0.2, -0.15) is 11.8 Å². The maximum atomic E-state index is 11.8. The van der Waals surface area contributed by atoms with Gasteiger partial charge in [-0.05, 0) is 37.9 Å². The van der Waals surface area contributed by atoms with Crippen LogP contribution in [0.15, 0.2) is 0 Å². The maximum absolute atomic E-state index is 11.8. The maximum Gasteiger partial charge on any atom is 0.237 e. The minimum atomic E-state index is 0.0213. The second-order valence-electron chi connectivity index (χ2n) is 5.68. The van der Waals surface area contributed by atoms with Gasteiger partial charge in [0.1, 0.15) is 0 Å². The van der Waals surface area contributed by atoms with E-state index in [0.717, 1.165) is 44.6 Å². The van der Waals surface area contributed by atoms with Crippen LogP contribution in [0.5, 0.6) is 0 Å². The van der Waals surface area contributed by atoms with Crippen molar-refractivity contribution in [3.8, 4) is 0 Å². The summed E-state index contributed by atoms with van der Waals surface area (Å²) in [6.45, 7) is 1.68. The zero-order chi connectivity index (χ0) is 12.4. The molecule has 4 nitrogen and oxygen atoms in total. The number of thioether (sulfide) groups is 1. The Labute approximate surface area is 113 Å². The molecule has 0 aromatic heterocycles. The van der Waals surface area contributed by atoms with E-state index >= 15 is 0 Å². The molecule has 3 aliphatic heterocycles. The summed E-state index contributed by atoms with van der Waals surface area (Å²) in [6.07, 6.45) is 5.35. The van der Waals surface area contributed by atoms with E-state index in [1.54, 1.807) is 0 Å². The zero-order valence-electron chi connectivity index (χ0n) is 10.7. The highest BCUT2D eigenvalue weighted by atomic mass is 32.2. The first kappa shape index (κ1) is 12.8. The van der Waals surface area contributed by atoms with Gasteiger partial charge in [0.2, 0.25) is 5.91 Å². The standard InChI is InChI=1S/C13H22N2O2S/c16-12-11(2-1-5-14-12)15-10-3-6-17-13(8-10)4-7-18-9-13/h10-11,15H,1-9H2,(H,14,16). The van der Waals surface area contributed by atoms with Crippen molar-refractivity contribution in [3.05, 3.63) is 0 Å². The van der Waals surface area contributed by atoms with Crippen molar-refractivity contribution in [3.63, 3.8) is 0 Å². The van der Waals surface area contributed by atoms with E-state index in [1.807, 2.05) is 11.8 Å². The third-order valence-electron chi connectivity index (χ3n) is 4.28. The molecule has 0 aromatic rings. The van der Waals surface area contributed by atoms with Crippen molar-refractivity contribution < 1.29 is 9.53 Å². The van der Waals surface area contributed by atoms with Gasteiger partial charge in [0.25, 0.3) is 0 Å². The average Bonchev–Trinajstić information content (AvgIpc) is 2.80. The number of carbonyl (C=O) groups excluding carboxylic acids is 1. The van der Waals surface area contributed by atoms with E-state index < -0.39 is 0 Å². The molecule has 5 heteroatoms. The normalized spacial score (nSPS) is 41.0. The van der Waals surface area contributed by atoms with Crippen molar-refractivity contribution in [1.29, 1.82) is 0 Å². The Balaban J connectivity index is 1.57. The lowest BCUT2D eigenvalue weighted by Crippen LogP contribution is -2.55. The lowest BCUT2D eigenvalue weighted by Gasteiger charge is -2.39. The summed E-state index contributed by atoms with van der Waals surface area (Å²) in [4.78, 5) is 11.8. The van der Waals surface area contributed by atoms with Gasteiger partial charge < -0.3 is 15.4 Å². The topological polar surface area (TPSA) is 50.4 Å². The third-order valence-corrected chi connectivity index (χ3v) is 5.51. The van der Waals surface area contributed by atoms with Crippen LogP contribution in [0.1, 0.15) is 32.1 Å². The molecule has 3 unspecified atom stereocenters. The van der Waals surface area contributed by atoms with Gasteiger partial charge in [0.05, 0.1) is 11.6 Å². The number of nitrogens with one attached hydrogen (secondary N) is 2. The molecule has 3 saturated heterocycles. The summed E-state index contributed by atoms with van der Waals surface area (Å²) in [7, 11) is 0. The summed E-state index contributed by atoms with van der Waals surface area (Å²) in [5, 5.41) is 6.50. The van der Waals surface area contributed by atoms with E-state index in [1.165, 1.54) is 12.2 Å². The Morgan fingerprint density at radius 3 is 3.17 bits per heavy atom. The monoisotopic (exact) mass is 270 g/mol. The van der Waals surface area contributed by atoms with Crippen LogP contribution < -0.4 is 10.6 Å². The van der Waals surface area contributed by atoms with Gasteiger partial charge in [-0.3, -0.25) is 4.79 Å². The fourth-order valence-electron chi connectivity index (χ4n) is 3.25. The number of amides is 1. The van der Waals surface area contributed by atoms with Gasteiger partial charge in [-0.1, -0.05) is 0 Å². The minimum absolute atomic E-state index is 0.0213. The zero-order valence-corrected chi connectivity index (χ0v) is 11.6. The molecule has 3 aliphatic rings. The van der Waals surface area contributed by atoms with Crippen LogP contribution in [-0.4, -0.2) is 48.2 Å². The van der Waals surface area contributed by atoms with Gasteiger partial charge in [0.15, 0.2) is 0 Å². The van der Waals surface area contributed by atoms with Crippen molar-refractivity contribution in [2.75, 3.05) is 24.7 Å². The lowest BCUT2D eigenvalue weighted by atomic mass is 9.89. The molecule has 1 spiro atoms. The second-order valence-corrected chi connectivity index (χ2v) is 6.78. The van der Waals surface area contributed by atoms with Gasteiger partial charge in [-0.15, -0.1) is 0 Å². The highest BCUT2D eigenvalue weighted by Crippen LogP contribution is 2.38. The predicted molar refractivity (Wildman–Crippen MR) is 72.8 cm³/mol. The first-order valence-electron chi connectivity index (χ1n) is 7.03. The van der Waals surface area contributed by atoms with E-state index in [2.05, 4.69) is 10.6 Å². The van der Waals surface area contributed by atoms with E-state index in [4.69, 9.17) is 4.74 Å². The lowest BCUT2D eigenvalue weighted by molar-refractivity contribution is -0.125. The molecule has 0 aliphatic carbocycles. The average molecular weight is 270 g/mol. The quantitative estimate of drug-likeness (QED) is 0.783. The number of hydrogen-bond acceptors (Lipinski definition) is 4. The second kappa shape index (κ2) is 5.39. The Bertz CT molecular complexity index is 318. The Kier molecular flexibility index (Phi) is 3.82. The van der Waals surface area contributed by atoms with E-state index in [0.29, 0.717) is 6.04 Å². The smallest absolute Gasteiger partial charge is 0.237 e. The SMILES string of the molecule is O=C1NCCCC1NC1CCOC2(CCSC2)C1. The summed E-state index contributed by atoms with van der Waals surface area (Å²) in [6, 6.07) is 0.472. The molecule has 3 fully saturated rings. The molecule has 0 saturated carbocycles. The molecule has 18 heavy (non-hydrogen) atoms. The highest BCUT2D eigenvalue weighted by Gasteiger charge is 2.41. The van der Waals surface area contributed by atoms with Crippen molar-refractivity contribution in [1.82, 2.24) is 10.6 Å². The molecule has 0 aromatic carbocycles. The number of piperidine rings is 1. The van der Waals surface area contributed by atoms with Crippen LogP contribution in [0.2, 0.25) is 0 Å². The summed E-state index contributed by atoms with van der Waals surface area (Å²) in [5.41, 5.74) is 0.103. The predicted octanol–water partition coefficient (Wildman–Crippen LogP) is 0.909. The number of ether oxygens (including phenoxy) is 1. The van der Waals surface area contributed by atoms with Crippen LogP contribution in [0.25, 0.3) is 0 Å².